The Labute approximate surface area is 267 Å². The van der Waals surface area contributed by atoms with Gasteiger partial charge in [-0.2, -0.15) is 0 Å². The Bertz CT molecular complexity index is 800. The molecule has 0 saturated heterocycles. The number of aromatic hydroxyl groups is 2. The normalized spacial score (nSPS) is 11.2. The van der Waals surface area contributed by atoms with Crippen molar-refractivity contribution >= 4 is 11.9 Å². The average molecular weight is 624 g/mol. The molecule has 256 valence electrons. The zero-order valence-corrected chi connectivity index (χ0v) is 28.2. The molecule has 0 bridgehead atoms. The number of hydrogen-bond acceptors (Lipinski definition) is 7. The fourth-order valence-corrected chi connectivity index (χ4v) is 5.58. The minimum atomic E-state index is -0.884. The summed E-state index contributed by atoms with van der Waals surface area (Å²) in [6, 6.07) is 0. The highest BCUT2D eigenvalue weighted by Gasteiger charge is 2.29. The van der Waals surface area contributed by atoms with Crippen LogP contribution in [0, 0.1) is 0 Å². The minimum absolute atomic E-state index is 0.0433. The van der Waals surface area contributed by atoms with E-state index >= 15 is 0 Å². The van der Waals surface area contributed by atoms with Gasteiger partial charge in [0.05, 0.1) is 0 Å². The molecule has 0 aliphatic carbocycles. The van der Waals surface area contributed by atoms with Crippen LogP contribution in [0.3, 0.4) is 0 Å². The van der Waals surface area contributed by atoms with E-state index in [4.69, 9.17) is 9.47 Å². The van der Waals surface area contributed by atoms with E-state index < -0.39 is 35.2 Å². The molecule has 0 radical (unpaired) electrons. The largest absolute Gasteiger partial charge is 0.490 e. The molecule has 0 saturated carbocycles. The molecule has 0 aromatic carbocycles. The molecule has 0 amide bonds. The first-order valence-corrected chi connectivity index (χ1v) is 18.2. The van der Waals surface area contributed by atoms with Gasteiger partial charge in [-0.1, -0.05) is 168 Å². The molecule has 1 heterocycles. The smallest absolute Gasteiger partial charge is 0.311 e. The van der Waals surface area contributed by atoms with Crippen LogP contribution in [0.15, 0.2) is 0 Å². The summed E-state index contributed by atoms with van der Waals surface area (Å²) in [5.41, 5.74) is 0. The van der Waals surface area contributed by atoms with Gasteiger partial charge in [0, 0.05) is 12.8 Å². The molecule has 0 atom stereocenters. The lowest BCUT2D eigenvalue weighted by Crippen LogP contribution is -2.11. The molecule has 1 rings (SSSR count). The summed E-state index contributed by atoms with van der Waals surface area (Å²) in [5, 5.41) is 30.1. The Balaban J connectivity index is 2.20. The van der Waals surface area contributed by atoms with E-state index in [0.29, 0.717) is 12.8 Å². The zero-order chi connectivity index (χ0) is 32.3. The van der Waals surface area contributed by atoms with Gasteiger partial charge in [0.15, 0.2) is 0 Å². The summed E-state index contributed by atoms with van der Waals surface area (Å²) in [6.07, 6.45) is 31.3. The molecule has 0 spiro atoms. The van der Waals surface area contributed by atoms with Crippen molar-refractivity contribution in [2.45, 2.75) is 194 Å². The van der Waals surface area contributed by atoms with E-state index in [2.05, 4.69) is 13.8 Å². The molecule has 1 aromatic rings. The van der Waals surface area contributed by atoms with Gasteiger partial charge >= 0.3 is 11.9 Å². The molecule has 44 heavy (non-hydrogen) atoms. The topological polar surface area (TPSA) is 118 Å². The SMILES string of the molecule is CCCCCCCCCCCCCCCC(=O)Oc1c(OC(=O)CCCCCCCCCCCCCCC)c(O)n(O)c1O. The van der Waals surface area contributed by atoms with Crippen molar-refractivity contribution in [2.75, 3.05) is 0 Å². The quantitative estimate of drug-likeness (QED) is 0.0443. The predicted molar refractivity (Wildman–Crippen MR) is 177 cm³/mol. The van der Waals surface area contributed by atoms with Crippen molar-refractivity contribution in [2.24, 2.45) is 0 Å². The fraction of sp³-hybridized carbons (Fsp3) is 0.833. The summed E-state index contributed by atoms with van der Waals surface area (Å²) >= 11 is 0. The first-order chi connectivity index (χ1) is 21.4. The van der Waals surface area contributed by atoms with E-state index in [1.54, 1.807) is 0 Å². The Morgan fingerprint density at radius 2 is 0.682 bits per heavy atom. The number of esters is 2. The van der Waals surface area contributed by atoms with Gasteiger partial charge in [0.1, 0.15) is 0 Å². The van der Waals surface area contributed by atoms with Crippen molar-refractivity contribution < 1.29 is 34.5 Å². The molecule has 1 aromatic heterocycles. The van der Waals surface area contributed by atoms with Crippen molar-refractivity contribution in [1.82, 2.24) is 4.73 Å². The fourth-order valence-electron chi connectivity index (χ4n) is 5.58. The summed E-state index contributed by atoms with van der Waals surface area (Å²) < 4.78 is 10.4. The third-order valence-corrected chi connectivity index (χ3v) is 8.41. The second-order valence-corrected chi connectivity index (χ2v) is 12.6. The maximum Gasteiger partial charge on any atom is 0.311 e. The number of rotatable bonds is 30. The predicted octanol–water partition coefficient (Wildman–Crippen LogP) is 10.9. The molecule has 0 aliphatic heterocycles. The Kier molecular flexibility index (Phi) is 24.3. The second-order valence-electron chi connectivity index (χ2n) is 12.6. The first-order valence-electron chi connectivity index (χ1n) is 18.2. The van der Waals surface area contributed by atoms with Gasteiger partial charge in [-0.15, -0.1) is 4.73 Å². The van der Waals surface area contributed by atoms with Crippen LogP contribution in [0.25, 0.3) is 0 Å². The number of hydrogen-bond donors (Lipinski definition) is 3. The van der Waals surface area contributed by atoms with Gasteiger partial charge in [-0.3, -0.25) is 9.59 Å². The van der Waals surface area contributed by atoms with Crippen molar-refractivity contribution in [3.63, 3.8) is 0 Å². The Hall–Kier alpha value is -2.38. The van der Waals surface area contributed by atoms with Crippen LogP contribution in [-0.2, 0) is 9.59 Å². The van der Waals surface area contributed by atoms with Crippen LogP contribution in [0.4, 0.5) is 0 Å². The number of nitrogens with zero attached hydrogens (tertiary/aromatic N) is 1. The van der Waals surface area contributed by atoms with Crippen LogP contribution in [0.5, 0.6) is 23.3 Å². The summed E-state index contributed by atoms with van der Waals surface area (Å²) in [5.74, 6) is -4.09. The molecule has 8 heteroatoms. The van der Waals surface area contributed by atoms with E-state index in [1.165, 1.54) is 116 Å². The minimum Gasteiger partial charge on any atom is -0.490 e. The van der Waals surface area contributed by atoms with Crippen LogP contribution in [0.2, 0.25) is 0 Å². The molecule has 0 aliphatic rings. The lowest BCUT2D eigenvalue weighted by atomic mass is 10.0. The lowest BCUT2D eigenvalue weighted by molar-refractivity contribution is -0.137. The highest BCUT2D eigenvalue weighted by molar-refractivity contribution is 5.78. The van der Waals surface area contributed by atoms with Crippen LogP contribution < -0.4 is 9.47 Å². The van der Waals surface area contributed by atoms with Crippen LogP contribution in [0.1, 0.15) is 194 Å². The van der Waals surface area contributed by atoms with Gasteiger partial charge in [-0.05, 0) is 12.8 Å². The van der Waals surface area contributed by atoms with Crippen LogP contribution >= 0.6 is 0 Å². The molecule has 3 N–H and O–H groups in total. The number of ether oxygens (including phenoxy) is 2. The summed E-state index contributed by atoms with van der Waals surface area (Å²) in [4.78, 5) is 24.8. The number of unbranched alkanes of at least 4 members (excludes halogenated alkanes) is 24. The summed E-state index contributed by atoms with van der Waals surface area (Å²) in [6.45, 7) is 4.48. The average Bonchev–Trinajstić information content (AvgIpc) is 3.20. The molecular formula is C36H65NO7. The van der Waals surface area contributed by atoms with Crippen molar-refractivity contribution in [1.29, 1.82) is 0 Å². The third-order valence-electron chi connectivity index (χ3n) is 8.41. The van der Waals surface area contributed by atoms with Crippen molar-refractivity contribution in [3.8, 4) is 23.3 Å². The van der Waals surface area contributed by atoms with E-state index in [-0.39, 0.29) is 17.6 Å². The third kappa shape index (κ3) is 19.1. The summed E-state index contributed by atoms with van der Waals surface area (Å²) in [7, 11) is 0. The van der Waals surface area contributed by atoms with Crippen LogP contribution in [-0.4, -0.2) is 32.1 Å². The van der Waals surface area contributed by atoms with Crippen molar-refractivity contribution in [3.05, 3.63) is 0 Å². The Morgan fingerprint density at radius 1 is 0.455 bits per heavy atom. The zero-order valence-electron chi connectivity index (χ0n) is 28.2. The van der Waals surface area contributed by atoms with E-state index in [9.17, 15) is 25.0 Å². The van der Waals surface area contributed by atoms with E-state index in [0.717, 1.165) is 38.5 Å². The lowest BCUT2D eigenvalue weighted by Gasteiger charge is -2.07. The van der Waals surface area contributed by atoms with E-state index in [1.807, 2.05) is 0 Å². The van der Waals surface area contributed by atoms with Gasteiger partial charge in [0.2, 0.25) is 11.5 Å². The number of carbonyl (C=O) groups excluding carboxylic acids is 2. The highest BCUT2D eigenvalue weighted by atomic mass is 16.6. The number of carbonyl (C=O) groups is 2. The standard InChI is InChI=1S/C36H65NO7/c1-3-5-7-9-11-13-15-17-19-21-23-25-27-29-31(38)43-33-34(36(41)37(42)35(33)40)44-32(39)30-28-26-24-22-20-18-16-14-12-10-8-6-4-2/h40-42H,3-30H2,1-2H3. The second kappa shape index (κ2) is 27.0. The Morgan fingerprint density at radius 3 is 0.932 bits per heavy atom. The number of aromatic nitrogens is 1. The van der Waals surface area contributed by atoms with Gasteiger partial charge in [0.25, 0.3) is 11.8 Å². The first kappa shape index (κ1) is 39.6. The highest BCUT2D eigenvalue weighted by Crippen LogP contribution is 2.46. The molecule has 8 nitrogen and oxygen atoms in total. The maximum atomic E-state index is 12.4. The molecule has 0 unspecified atom stereocenters. The van der Waals surface area contributed by atoms with Gasteiger partial charge < -0.3 is 24.9 Å². The monoisotopic (exact) mass is 623 g/mol. The van der Waals surface area contributed by atoms with Gasteiger partial charge in [-0.25, -0.2) is 0 Å². The maximum absolute atomic E-state index is 12.4. The molecular weight excluding hydrogens is 558 g/mol. The molecule has 0 fully saturated rings.